The Bertz CT molecular complexity index is 581. The molecule has 22 heavy (non-hydrogen) atoms. The average Bonchev–Trinajstić information content (AvgIpc) is 2.58. The number of nitrogens with one attached hydrogen (secondary N) is 2. The third-order valence-corrected chi connectivity index (χ3v) is 3.58. The van der Waals surface area contributed by atoms with Gasteiger partial charge in [-0.25, -0.2) is 0 Å². The topological polar surface area (TPSA) is 41.1 Å². The third-order valence-electron chi connectivity index (χ3n) is 3.58. The van der Waals surface area contributed by atoms with Crippen LogP contribution in [0.1, 0.15) is 34.8 Å². The SMILES string of the molecule is CCc1cccc(CNCCCNC(=O)c2ccccc2)c1. The van der Waals surface area contributed by atoms with Gasteiger partial charge in [0, 0.05) is 18.7 Å². The smallest absolute Gasteiger partial charge is 0.251 e. The molecule has 1 amide bonds. The molecule has 0 aliphatic rings. The van der Waals surface area contributed by atoms with Gasteiger partial charge in [-0.15, -0.1) is 0 Å². The van der Waals surface area contributed by atoms with Crippen molar-refractivity contribution in [2.24, 2.45) is 0 Å². The fourth-order valence-electron chi connectivity index (χ4n) is 2.30. The van der Waals surface area contributed by atoms with E-state index in [1.165, 1.54) is 11.1 Å². The summed E-state index contributed by atoms with van der Waals surface area (Å²) in [6, 6.07) is 18.0. The number of carbonyl (C=O) groups is 1. The van der Waals surface area contributed by atoms with Crippen LogP contribution in [-0.2, 0) is 13.0 Å². The maximum Gasteiger partial charge on any atom is 0.251 e. The number of amides is 1. The predicted octanol–water partition coefficient (Wildman–Crippen LogP) is 3.16. The van der Waals surface area contributed by atoms with Crippen molar-refractivity contribution in [2.75, 3.05) is 13.1 Å². The molecule has 0 spiro atoms. The summed E-state index contributed by atoms with van der Waals surface area (Å²) in [6.07, 6.45) is 1.99. The van der Waals surface area contributed by atoms with E-state index in [0.29, 0.717) is 12.1 Å². The van der Waals surface area contributed by atoms with E-state index in [4.69, 9.17) is 0 Å². The minimum absolute atomic E-state index is 0.00348. The first-order valence-electron chi connectivity index (χ1n) is 7.91. The second-order valence-corrected chi connectivity index (χ2v) is 5.33. The van der Waals surface area contributed by atoms with Crippen LogP contribution >= 0.6 is 0 Å². The first kappa shape index (κ1) is 16.2. The lowest BCUT2D eigenvalue weighted by Gasteiger charge is -2.08. The summed E-state index contributed by atoms with van der Waals surface area (Å²) >= 11 is 0. The van der Waals surface area contributed by atoms with Crippen molar-refractivity contribution >= 4 is 5.91 Å². The van der Waals surface area contributed by atoms with E-state index in [1.807, 2.05) is 30.3 Å². The Morgan fingerprint density at radius 2 is 1.73 bits per heavy atom. The summed E-state index contributed by atoms with van der Waals surface area (Å²) in [7, 11) is 0. The van der Waals surface area contributed by atoms with Crippen LogP contribution in [-0.4, -0.2) is 19.0 Å². The fourth-order valence-corrected chi connectivity index (χ4v) is 2.30. The number of hydrogen-bond acceptors (Lipinski definition) is 2. The number of aryl methyl sites for hydroxylation is 1. The van der Waals surface area contributed by atoms with E-state index in [2.05, 4.69) is 41.8 Å². The predicted molar refractivity (Wildman–Crippen MR) is 90.9 cm³/mol. The normalized spacial score (nSPS) is 10.4. The highest BCUT2D eigenvalue weighted by Gasteiger charge is 2.02. The Balaban J connectivity index is 1.60. The van der Waals surface area contributed by atoms with E-state index < -0.39 is 0 Å². The van der Waals surface area contributed by atoms with Crippen LogP contribution in [0.5, 0.6) is 0 Å². The lowest BCUT2D eigenvalue weighted by atomic mass is 10.1. The van der Waals surface area contributed by atoms with Crippen LogP contribution in [0.2, 0.25) is 0 Å². The lowest BCUT2D eigenvalue weighted by molar-refractivity contribution is 0.0953. The molecule has 0 bridgehead atoms. The van der Waals surface area contributed by atoms with Crippen molar-refractivity contribution in [2.45, 2.75) is 26.3 Å². The van der Waals surface area contributed by atoms with E-state index in [0.717, 1.165) is 25.9 Å². The van der Waals surface area contributed by atoms with Gasteiger partial charge >= 0.3 is 0 Å². The highest BCUT2D eigenvalue weighted by molar-refractivity contribution is 5.94. The molecular weight excluding hydrogens is 272 g/mol. The molecule has 0 aromatic heterocycles. The molecule has 116 valence electrons. The second kappa shape index (κ2) is 9.00. The summed E-state index contributed by atoms with van der Waals surface area (Å²) in [4.78, 5) is 11.8. The summed E-state index contributed by atoms with van der Waals surface area (Å²) in [5.74, 6) is -0.00348. The first-order chi connectivity index (χ1) is 10.8. The minimum Gasteiger partial charge on any atom is -0.352 e. The molecule has 2 aromatic carbocycles. The van der Waals surface area contributed by atoms with Crippen LogP contribution in [0.15, 0.2) is 54.6 Å². The fraction of sp³-hybridized carbons (Fsp3) is 0.316. The van der Waals surface area contributed by atoms with Gasteiger partial charge in [0.25, 0.3) is 5.91 Å². The maximum absolute atomic E-state index is 11.8. The minimum atomic E-state index is -0.00348. The van der Waals surface area contributed by atoms with E-state index in [9.17, 15) is 4.79 Å². The van der Waals surface area contributed by atoms with Gasteiger partial charge in [0.1, 0.15) is 0 Å². The number of benzene rings is 2. The van der Waals surface area contributed by atoms with Crippen LogP contribution in [0.25, 0.3) is 0 Å². The molecule has 2 N–H and O–H groups in total. The summed E-state index contributed by atoms with van der Waals surface area (Å²) in [6.45, 7) is 4.63. The average molecular weight is 296 g/mol. The standard InChI is InChI=1S/C19H24N2O/c1-2-16-8-6-9-17(14-16)15-20-12-7-13-21-19(22)18-10-4-3-5-11-18/h3-6,8-11,14,20H,2,7,12-13,15H2,1H3,(H,21,22). The Kier molecular flexibility index (Phi) is 6.65. The van der Waals surface area contributed by atoms with Crippen LogP contribution in [0.3, 0.4) is 0 Å². The lowest BCUT2D eigenvalue weighted by Crippen LogP contribution is -2.27. The highest BCUT2D eigenvalue weighted by atomic mass is 16.1. The Morgan fingerprint density at radius 1 is 0.955 bits per heavy atom. The molecule has 0 aliphatic carbocycles. The zero-order chi connectivity index (χ0) is 15.6. The van der Waals surface area contributed by atoms with Crippen molar-refractivity contribution in [1.82, 2.24) is 10.6 Å². The second-order valence-electron chi connectivity index (χ2n) is 5.33. The molecule has 0 atom stereocenters. The van der Waals surface area contributed by atoms with Crippen LogP contribution in [0.4, 0.5) is 0 Å². The van der Waals surface area contributed by atoms with Crippen molar-refractivity contribution in [3.63, 3.8) is 0 Å². The number of hydrogen-bond donors (Lipinski definition) is 2. The van der Waals surface area contributed by atoms with Gasteiger partial charge in [0.05, 0.1) is 0 Å². The molecule has 2 rings (SSSR count). The molecule has 3 nitrogen and oxygen atoms in total. The highest BCUT2D eigenvalue weighted by Crippen LogP contribution is 2.05. The number of carbonyl (C=O) groups excluding carboxylic acids is 1. The molecule has 0 aliphatic heterocycles. The van der Waals surface area contributed by atoms with Crippen molar-refractivity contribution in [3.8, 4) is 0 Å². The van der Waals surface area contributed by atoms with E-state index in [1.54, 1.807) is 0 Å². The molecular formula is C19H24N2O. The van der Waals surface area contributed by atoms with Gasteiger partial charge in [0.2, 0.25) is 0 Å². The van der Waals surface area contributed by atoms with E-state index >= 15 is 0 Å². The third kappa shape index (κ3) is 5.34. The Hall–Kier alpha value is -2.13. The summed E-state index contributed by atoms with van der Waals surface area (Å²) < 4.78 is 0. The molecule has 2 aromatic rings. The van der Waals surface area contributed by atoms with Crippen molar-refractivity contribution in [3.05, 3.63) is 71.3 Å². The van der Waals surface area contributed by atoms with Crippen LogP contribution < -0.4 is 10.6 Å². The van der Waals surface area contributed by atoms with Gasteiger partial charge in [-0.05, 0) is 42.6 Å². The van der Waals surface area contributed by atoms with Gasteiger partial charge < -0.3 is 10.6 Å². The molecule has 0 saturated heterocycles. The first-order valence-corrected chi connectivity index (χ1v) is 7.91. The number of rotatable bonds is 8. The zero-order valence-electron chi connectivity index (χ0n) is 13.1. The zero-order valence-corrected chi connectivity index (χ0v) is 13.1. The Labute approximate surface area is 132 Å². The molecule has 0 unspecified atom stereocenters. The van der Waals surface area contributed by atoms with Crippen molar-refractivity contribution in [1.29, 1.82) is 0 Å². The summed E-state index contributed by atoms with van der Waals surface area (Å²) in [5, 5.41) is 6.35. The van der Waals surface area contributed by atoms with Crippen LogP contribution in [0, 0.1) is 0 Å². The van der Waals surface area contributed by atoms with E-state index in [-0.39, 0.29) is 5.91 Å². The monoisotopic (exact) mass is 296 g/mol. The molecule has 3 heteroatoms. The molecule has 0 fully saturated rings. The quantitative estimate of drug-likeness (QED) is 0.735. The Morgan fingerprint density at radius 3 is 2.50 bits per heavy atom. The summed E-state index contributed by atoms with van der Waals surface area (Å²) in [5.41, 5.74) is 3.40. The van der Waals surface area contributed by atoms with Gasteiger partial charge in [-0.2, -0.15) is 0 Å². The maximum atomic E-state index is 11.8. The van der Waals surface area contributed by atoms with Crippen molar-refractivity contribution < 1.29 is 4.79 Å². The molecule has 0 saturated carbocycles. The molecule has 0 heterocycles. The van der Waals surface area contributed by atoms with Gasteiger partial charge in [-0.1, -0.05) is 49.4 Å². The largest absolute Gasteiger partial charge is 0.352 e. The van der Waals surface area contributed by atoms with Gasteiger partial charge in [-0.3, -0.25) is 4.79 Å². The molecule has 0 radical (unpaired) electrons. The van der Waals surface area contributed by atoms with Gasteiger partial charge in [0.15, 0.2) is 0 Å².